The fourth-order valence-electron chi connectivity index (χ4n) is 2.38. The minimum absolute atomic E-state index is 0.0371. The summed E-state index contributed by atoms with van der Waals surface area (Å²) in [7, 11) is 5.26. The Bertz CT molecular complexity index is 589. The van der Waals surface area contributed by atoms with Crippen molar-refractivity contribution in [3.05, 3.63) is 56.5 Å². The van der Waals surface area contributed by atoms with E-state index in [4.69, 9.17) is 9.47 Å². The Morgan fingerprint density at radius 2 is 1.48 bits per heavy atom. The Morgan fingerprint density at radius 1 is 0.952 bits per heavy atom. The highest BCUT2D eigenvalue weighted by Crippen LogP contribution is 2.38. The van der Waals surface area contributed by atoms with Crippen LogP contribution in [0, 0.1) is 0 Å². The maximum Gasteiger partial charge on any atom is 0.127 e. The van der Waals surface area contributed by atoms with Crippen LogP contribution >= 0.6 is 31.9 Å². The molecule has 0 radical (unpaired) electrons. The minimum atomic E-state index is -0.0371. The Morgan fingerprint density at radius 3 is 1.90 bits per heavy atom. The molecule has 0 aliphatic rings. The molecule has 1 unspecified atom stereocenters. The lowest BCUT2D eigenvalue weighted by Crippen LogP contribution is -2.19. The molecule has 0 aromatic heterocycles. The molecule has 2 aromatic rings. The molecule has 1 N–H and O–H groups in total. The van der Waals surface area contributed by atoms with Gasteiger partial charge in [0.2, 0.25) is 0 Å². The van der Waals surface area contributed by atoms with Gasteiger partial charge in [-0.1, -0.05) is 37.9 Å². The second-order valence-corrected chi connectivity index (χ2v) is 6.33. The van der Waals surface area contributed by atoms with E-state index >= 15 is 0 Å². The van der Waals surface area contributed by atoms with Crippen LogP contribution < -0.4 is 14.8 Å². The molecule has 0 bridgehead atoms. The van der Waals surface area contributed by atoms with Crippen molar-refractivity contribution in [2.24, 2.45) is 0 Å². The van der Waals surface area contributed by atoms with Gasteiger partial charge in [0.1, 0.15) is 11.5 Å². The molecule has 21 heavy (non-hydrogen) atoms. The second kappa shape index (κ2) is 7.29. The van der Waals surface area contributed by atoms with Crippen LogP contribution in [0.15, 0.2) is 45.3 Å². The number of rotatable bonds is 5. The van der Waals surface area contributed by atoms with Crippen LogP contribution in [0.2, 0.25) is 0 Å². The second-order valence-electron chi connectivity index (χ2n) is 4.50. The largest absolute Gasteiger partial charge is 0.496 e. The van der Waals surface area contributed by atoms with Crippen molar-refractivity contribution in [2.45, 2.75) is 6.04 Å². The van der Waals surface area contributed by atoms with Crippen LogP contribution in [-0.4, -0.2) is 21.3 Å². The first-order chi connectivity index (χ1) is 10.1. The van der Waals surface area contributed by atoms with Crippen LogP contribution in [0.4, 0.5) is 0 Å². The number of nitrogens with one attached hydrogen (secondary N) is 1. The molecular weight excluding hydrogens is 398 g/mol. The van der Waals surface area contributed by atoms with Crippen molar-refractivity contribution in [3.63, 3.8) is 0 Å². The van der Waals surface area contributed by atoms with Gasteiger partial charge in [-0.05, 0) is 42.9 Å². The first-order valence-electron chi connectivity index (χ1n) is 6.44. The van der Waals surface area contributed by atoms with Crippen molar-refractivity contribution >= 4 is 31.9 Å². The normalized spacial score (nSPS) is 12.0. The first kappa shape index (κ1) is 16.3. The van der Waals surface area contributed by atoms with Gasteiger partial charge >= 0.3 is 0 Å². The van der Waals surface area contributed by atoms with Gasteiger partial charge in [-0.25, -0.2) is 0 Å². The standard InChI is InChI=1S/C16H17Br2NO2/c1-19-16(10-7-11(17)9-12(18)8-10)15-13(20-2)5-4-6-14(15)21-3/h4-9,16,19H,1-3H3. The molecule has 2 aromatic carbocycles. The lowest BCUT2D eigenvalue weighted by Gasteiger charge is -2.22. The van der Waals surface area contributed by atoms with Gasteiger partial charge < -0.3 is 14.8 Å². The highest BCUT2D eigenvalue weighted by atomic mass is 79.9. The average Bonchev–Trinajstić information content (AvgIpc) is 2.47. The zero-order valence-corrected chi connectivity index (χ0v) is 15.3. The summed E-state index contributed by atoms with van der Waals surface area (Å²) >= 11 is 7.07. The molecule has 0 aliphatic heterocycles. The molecule has 0 aliphatic carbocycles. The number of methoxy groups -OCH3 is 2. The highest BCUT2D eigenvalue weighted by molar-refractivity contribution is 9.11. The Kier molecular flexibility index (Phi) is 5.67. The van der Waals surface area contributed by atoms with Gasteiger partial charge in [0.05, 0.1) is 25.8 Å². The van der Waals surface area contributed by atoms with E-state index in [-0.39, 0.29) is 6.04 Å². The van der Waals surface area contributed by atoms with Gasteiger partial charge in [0.15, 0.2) is 0 Å². The lowest BCUT2D eigenvalue weighted by atomic mass is 9.97. The van der Waals surface area contributed by atoms with E-state index in [0.29, 0.717) is 0 Å². The maximum absolute atomic E-state index is 5.51. The summed E-state index contributed by atoms with van der Waals surface area (Å²) in [6, 6.07) is 11.9. The van der Waals surface area contributed by atoms with Crippen LogP contribution in [0.3, 0.4) is 0 Å². The van der Waals surface area contributed by atoms with Crippen molar-refractivity contribution in [2.75, 3.05) is 21.3 Å². The zero-order valence-electron chi connectivity index (χ0n) is 12.1. The van der Waals surface area contributed by atoms with Gasteiger partial charge in [0, 0.05) is 8.95 Å². The number of benzene rings is 2. The first-order valence-corrected chi connectivity index (χ1v) is 8.03. The van der Waals surface area contributed by atoms with E-state index in [2.05, 4.69) is 49.3 Å². The molecule has 3 nitrogen and oxygen atoms in total. The summed E-state index contributed by atoms with van der Waals surface area (Å²) in [5, 5.41) is 3.34. The van der Waals surface area contributed by atoms with E-state index in [1.165, 1.54) is 0 Å². The molecule has 0 amide bonds. The summed E-state index contributed by atoms with van der Waals surface area (Å²) in [5.41, 5.74) is 2.09. The third-order valence-electron chi connectivity index (χ3n) is 3.26. The minimum Gasteiger partial charge on any atom is -0.496 e. The fourth-order valence-corrected chi connectivity index (χ4v) is 3.71. The number of hydrogen-bond acceptors (Lipinski definition) is 3. The predicted molar refractivity (Wildman–Crippen MR) is 92.3 cm³/mol. The Labute approximate surface area is 141 Å². The van der Waals surface area contributed by atoms with E-state index in [1.807, 2.05) is 31.3 Å². The van der Waals surface area contributed by atoms with Crippen molar-refractivity contribution < 1.29 is 9.47 Å². The SMILES string of the molecule is CNC(c1cc(Br)cc(Br)c1)c1c(OC)cccc1OC. The Hall–Kier alpha value is -1.04. The van der Waals surface area contributed by atoms with Crippen LogP contribution in [0.25, 0.3) is 0 Å². The third-order valence-corrected chi connectivity index (χ3v) is 4.18. The monoisotopic (exact) mass is 413 g/mol. The van der Waals surface area contributed by atoms with E-state index in [1.54, 1.807) is 14.2 Å². The molecule has 0 saturated carbocycles. The molecule has 112 valence electrons. The summed E-state index contributed by atoms with van der Waals surface area (Å²) in [6.45, 7) is 0. The summed E-state index contributed by atoms with van der Waals surface area (Å²) in [6.07, 6.45) is 0. The predicted octanol–water partition coefficient (Wildman–Crippen LogP) is 4.54. The smallest absolute Gasteiger partial charge is 0.127 e. The topological polar surface area (TPSA) is 30.5 Å². The fraction of sp³-hybridized carbons (Fsp3) is 0.250. The molecule has 0 heterocycles. The summed E-state index contributed by atoms with van der Waals surface area (Å²) in [4.78, 5) is 0. The van der Waals surface area contributed by atoms with Crippen molar-refractivity contribution in [1.82, 2.24) is 5.32 Å². The van der Waals surface area contributed by atoms with E-state index in [9.17, 15) is 0 Å². The lowest BCUT2D eigenvalue weighted by molar-refractivity contribution is 0.379. The Balaban J connectivity index is 2.60. The summed E-state index contributed by atoms with van der Waals surface area (Å²) in [5.74, 6) is 1.59. The van der Waals surface area contributed by atoms with Crippen LogP contribution in [0.1, 0.15) is 17.2 Å². The van der Waals surface area contributed by atoms with Gasteiger partial charge in [-0.3, -0.25) is 0 Å². The highest BCUT2D eigenvalue weighted by Gasteiger charge is 2.21. The van der Waals surface area contributed by atoms with Gasteiger partial charge in [0.25, 0.3) is 0 Å². The summed E-state index contributed by atoms with van der Waals surface area (Å²) < 4.78 is 13.0. The quantitative estimate of drug-likeness (QED) is 0.779. The number of hydrogen-bond donors (Lipinski definition) is 1. The van der Waals surface area contributed by atoms with E-state index < -0.39 is 0 Å². The zero-order chi connectivity index (χ0) is 15.4. The average molecular weight is 415 g/mol. The molecule has 1 atom stereocenters. The maximum atomic E-state index is 5.51. The van der Waals surface area contributed by atoms with Crippen molar-refractivity contribution in [1.29, 1.82) is 0 Å². The van der Waals surface area contributed by atoms with Gasteiger partial charge in [-0.15, -0.1) is 0 Å². The third kappa shape index (κ3) is 3.59. The molecule has 0 fully saturated rings. The van der Waals surface area contributed by atoms with Crippen LogP contribution in [-0.2, 0) is 0 Å². The molecule has 0 saturated heterocycles. The van der Waals surface area contributed by atoms with E-state index in [0.717, 1.165) is 31.6 Å². The molecule has 0 spiro atoms. The number of ether oxygens (including phenoxy) is 2. The molecular formula is C16H17Br2NO2. The van der Waals surface area contributed by atoms with Crippen molar-refractivity contribution in [3.8, 4) is 11.5 Å². The number of halogens is 2. The molecule has 2 rings (SSSR count). The van der Waals surface area contributed by atoms with Crippen LogP contribution in [0.5, 0.6) is 11.5 Å². The van der Waals surface area contributed by atoms with Gasteiger partial charge in [-0.2, -0.15) is 0 Å². The molecule has 5 heteroatoms.